The number of aryl methyl sites for hydroxylation is 1. The Hall–Kier alpha value is -1.91. The minimum atomic E-state index is -0.0964. The van der Waals surface area contributed by atoms with E-state index in [1.54, 1.807) is 4.57 Å². The van der Waals surface area contributed by atoms with E-state index in [2.05, 4.69) is 30.3 Å². The lowest BCUT2D eigenvalue weighted by Gasteiger charge is -2.30. The Morgan fingerprint density at radius 2 is 1.85 bits per heavy atom. The Bertz CT molecular complexity index is 733. The number of rotatable bonds is 7. The van der Waals surface area contributed by atoms with E-state index in [1.807, 2.05) is 25.3 Å². The molecule has 2 aromatic rings. The molecule has 0 amide bonds. The molecule has 140 valence electrons. The zero-order valence-electron chi connectivity index (χ0n) is 15.6. The largest absolute Gasteiger partial charge is 0.376 e. The molecule has 1 aromatic carbocycles. The number of nitrogens with zero attached hydrogens (tertiary/aromatic N) is 1. The van der Waals surface area contributed by atoms with Crippen molar-refractivity contribution in [1.29, 1.82) is 0 Å². The maximum atomic E-state index is 12.5. The minimum Gasteiger partial charge on any atom is -0.376 e. The maximum absolute atomic E-state index is 12.5. The first-order valence-corrected chi connectivity index (χ1v) is 9.79. The van der Waals surface area contributed by atoms with Gasteiger partial charge in [0.05, 0.1) is 18.8 Å². The second kappa shape index (κ2) is 9.15. The third-order valence-electron chi connectivity index (χ3n) is 5.57. The summed E-state index contributed by atoms with van der Waals surface area (Å²) in [4.78, 5) is 12.5. The molecule has 3 rings (SSSR count). The van der Waals surface area contributed by atoms with E-state index in [1.165, 1.54) is 5.56 Å². The van der Waals surface area contributed by atoms with E-state index in [0.717, 1.165) is 37.7 Å². The number of hydrogen-bond acceptors (Lipinski definition) is 3. The van der Waals surface area contributed by atoms with Crippen molar-refractivity contribution in [3.05, 3.63) is 70.1 Å². The fourth-order valence-electron chi connectivity index (χ4n) is 3.91. The van der Waals surface area contributed by atoms with E-state index in [9.17, 15) is 4.79 Å². The summed E-state index contributed by atoms with van der Waals surface area (Å²) in [6.07, 6.45) is 7.30. The summed E-state index contributed by atoms with van der Waals surface area (Å²) in [7, 11) is 0. The molecular weight excluding hydrogens is 324 g/mol. The topological polar surface area (TPSA) is 57.2 Å². The van der Waals surface area contributed by atoms with Crippen molar-refractivity contribution in [3.63, 3.8) is 0 Å². The zero-order chi connectivity index (χ0) is 18.4. The van der Waals surface area contributed by atoms with Gasteiger partial charge in [-0.1, -0.05) is 43.3 Å². The third kappa shape index (κ3) is 4.43. The van der Waals surface area contributed by atoms with Gasteiger partial charge >= 0.3 is 0 Å². The van der Waals surface area contributed by atoms with Gasteiger partial charge in [-0.3, -0.25) is 4.79 Å². The first-order chi connectivity index (χ1) is 12.7. The summed E-state index contributed by atoms with van der Waals surface area (Å²) in [5.74, 6) is 0.644. The number of benzene rings is 1. The van der Waals surface area contributed by atoms with Crippen LogP contribution in [-0.4, -0.2) is 23.8 Å². The summed E-state index contributed by atoms with van der Waals surface area (Å²) in [6.45, 7) is 2.91. The summed E-state index contributed by atoms with van der Waals surface area (Å²) in [5.41, 5.74) is 8.26. The van der Waals surface area contributed by atoms with E-state index in [4.69, 9.17) is 10.5 Å². The molecule has 0 saturated heterocycles. The Morgan fingerprint density at radius 3 is 2.50 bits per heavy atom. The van der Waals surface area contributed by atoms with Crippen LogP contribution in [0.2, 0.25) is 0 Å². The highest BCUT2D eigenvalue weighted by Gasteiger charge is 2.24. The normalized spacial score (nSPS) is 21.5. The van der Waals surface area contributed by atoms with Crippen molar-refractivity contribution in [3.8, 4) is 0 Å². The predicted molar refractivity (Wildman–Crippen MR) is 106 cm³/mol. The van der Waals surface area contributed by atoms with Gasteiger partial charge < -0.3 is 15.0 Å². The smallest absolute Gasteiger partial charge is 0.254 e. The average Bonchev–Trinajstić information content (AvgIpc) is 2.70. The molecule has 0 bridgehead atoms. The number of nitrogens with two attached hydrogens (primary N) is 1. The van der Waals surface area contributed by atoms with Crippen molar-refractivity contribution in [2.24, 2.45) is 5.73 Å². The van der Waals surface area contributed by atoms with Crippen LogP contribution in [0, 0.1) is 0 Å². The van der Waals surface area contributed by atoms with Gasteiger partial charge in [-0.05, 0) is 49.7 Å². The van der Waals surface area contributed by atoms with Gasteiger partial charge in [0.25, 0.3) is 5.56 Å². The molecule has 0 aliphatic heterocycles. The standard InChI is InChI=1S/C22H30N2O2/c1-2-17-9-6-14-24(22(17)25)20(15-23)16-26-21-12-10-19(11-13-21)18-7-4-3-5-8-18/h3-9,14,19-21H,2,10-13,15-16,23H2,1H3/t19?,20-,21?/m0/s1. The molecule has 1 aliphatic rings. The van der Waals surface area contributed by atoms with Gasteiger partial charge in [0, 0.05) is 18.3 Å². The van der Waals surface area contributed by atoms with E-state index >= 15 is 0 Å². The fourth-order valence-corrected chi connectivity index (χ4v) is 3.91. The number of ether oxygens (including phenoxy) is 1. The molecule has 26 heavy (non-hydrogen) atoms. The van der Waals surface area contributed by atoms with Crippen molar-refractivity contribution in [2.45, 2.75) is 57.1 Å². The van der Waals surface area contributed by atoms with Crippen LogP contribution in [0.1, 0.15) is 55.7 Å². The molecule has 1 aliphatic carbocycles. The quantitative estimate of drug-likeness (QED) is 0.826. The van der Waals surface area contributed by atoms with Crippen LogP contribution in [0.15, 0.2) is 53.5 Å². The monoisotopic (exact) mass is 354 g/mol. The van der Waals surface area contributed by atoms with Gasteiger partial charge in [-0.2, -0.15) is 0 Å². The lowest BCUT2D eigenvalue weighted by atomic mass is 9.83. The van der Waals surface area contributed by atoms with Crippen LogP contribution >= 0.6 is 0 Å². The number of pyridine rings is 1. The van der Waals surface area contributed by atoms with Crippen LogP contribution in [0.3, 0.4) is 0 Å². The minimum absolute atomic E-state index is 0.0573. The molecular formula is C22H30N2O2. The van der Waals surface area contributed by atoms with Crippen LogP contribution in [0.5, 0.6) is 0 Å². The molecule has 4 nitrogen and oxygen atoms in total. The van der Waals surface area contributed by atoms with Crippen LogP contribution < -0.4 is 11.3 Å². The van der Waals surface area contributed by atoms with Gasteiger partial charge in [0.1, 0.15) is 0 Å². The number of aromatic nitrogens is 1. The highest BCUT2D eigenvalue weighted by atomic mass is 16.5. The lowest BCUT2D eigenvalue weighted by Crippen LogP contribution is -2.35. The van der Waals surface area contributed by atoms with Crippen molar-refractivity contribution in [2.75, 3.05) is 13.2 Å². The average molecular weight is 354 g/mol. The van der Waals surface area contributed by atoms with Crippen molar-refractivity contribution < 1.29 is 4.74 Å². The summed E-state index contributed by atoms with van der Waals surface area (Å²) in [6, 6.07) is 14.5. The second-order valence-electron chi connectivity index (χ2n) is 7.21. The molecule has 1 fully saturated rings. The van der Waals surface area contributed by atoms with E-state index < -0.39 is 0 Å². The van der Waals surface area contributed by atoms with Crippen molar-refractivity contribution in [1.82, 2.24) is 4.57 Å². The Balaban J connectivity index is 1.55. The van der Waals surface area contributed by atoms with Crippen LogP contribution in [0.25, 0.3) is 0 Å². The molecule has 4 heteroatoms. The third-order valence-corrected chi connectivity index (χ3v) is 5.57. The zero-order valence-corrected chi connectivity index (χ0v) is 15.6. The molecule has 1 saturated carbocycles. The summed E-state index contributed by atoms with van der Waals surface area (Å²) in [5, 5.41) is 0. The first-order valence-electron chi connectivity index (χ1n) is 9.79. The maximum Gasteiger partial charge on any atom is 0.254 e. The van der Waals surface area contributed by atoms with Crippen molar-refractivity contribution >= 4 is 0 Å². The van der Waals surface area contributed by atoms with Crippen LogP contribution in [0.4, 0.5) is 0 Å². The second-order valence-corrected chi connectivity index (χ2v) is 7.21. The Kier molecular flexibility index (Phi) is 6.64. The molecule has 1 heterocycles. The van der Waals surface area contributed by atoms with Gasteiger partial charge in [0.15, 0.2) is 0 Å². The molecule has 0 spiro atoms. The molecule has 0 radical (unpaired) electrons. The Labute approximate surface area is 156 Å². The lowest BCUT2D eigenvalue weighted by molar-refractivity contribution is 0.00783. The SMILES string of the molecule is CCc1cccn([C@@H](CN)COC2CCC(c3ccccc3)CC2)c1=O. The number of hydrogen-bond donors (Lipinski definition) is 1. The fraction of sp³-hybridized carbons (Fsp3) is 0.500. The van der Waals surface area contributed by atoms with Gasteiger partial charge in [-0.15, -0.1) is 0 Å². The molecule has 2 N–H and O–H groups in total. The van der Waals surface area contributed by atoms with Gasteiger partial charge in [0.2, 0.25) is 0 Å². The van der Waals surface area contributed by atoms with E-state index in [0.29, 0.717) is 19.1 Å². The highest BCUT2D eigenvalue weighted by Crippen LogP contribution is 2.34. The predicted octanol–water partition coefficient (Wildman–Crippen LogP) is 3.65. The molecule has 1 atom stereocenters. The molecule has 1 aromatic heterocycles. The summed E-state index contributed by atoms with van der Waals surface area (Å²) >= 11 is 0. The highest BCUT2D eigenvalue weighted by molar-refractivity contribution is 5.20. The summed E-state index contributed by atoms with van der Waals surface area (Å²) < 4.78 is 7.91. The van der Waals surface area contributed by atoms with Gasteiger partial charge in [-0.25, -0.2) is 0 Å². The van der Waals surface area contributed by atoms with E-state index in [-0.39, 0.29) is 17.7 Å². The molecule has 0 unspecified atom stereocenters. The first kappa shape index (κ1) is 18.9. The Morgan fingerprint density at radius 1 is 1.12 bits per heavy atom. The van der Waals surface area contributed by atoms with Crippen LogP contribution in [-0.2, 0) is 11.2 Å².